The summed E-state index contributed by atoms with van der Waals surface area (Å²) in [4.78, 5) is 28.9. The minimum Gasteiger partial charge on any atom is -0.493 e. The molecule has 1 atom stereocenters. The smallest absolute Gasteiger partial charge is 0.244 e. The number of carbonyl (C=O) groups is 2. The van der Waals surface area contributed by atoms with Gasteiger partial charge in [-0.15, -0.1) is 0 Å². The number of benzene rings is 3. The van der Waals surface area contributed by atoms with E-state index < -0.39 is 28.5 Å². The molecule has 3 rings (SSSR count). The summed E-state index contributed by atoms with van der Waals surface area (Å²) in [6.45, 7) is 1.76. The number of halogens is 1. The number of rotatable bonds is 13. The molecule has 0 aliphatic rings. The molecule has 0 saturated carbocycles. The van der Waals surface area contributed by atoms with E-state index in [1.54, 1.807) is 19.1 Å². The van der Waals surface area contributed by atoms with Crippen molar-refractivity contribution in [2.45, 2.75) is 25.9 Å². The van der Waals surface area contributed by atoms with Crippen LogP contribution in [0.1, 0.15) is 18.1 Å². The van der Waals surface area contributed by atoms with Gasteiger partial charge in [0.15, 0.2) is 11.5 Å². The molecule has 0 aliphatic carbocycles. The molecule has 0 radical (unpaired) electrons. The third-order valence-electron chi connectivity index (χ3n) is 6.20. The number of ether oxygens (including phenoxy) is 2. The van der Waals surface area contributed by atoms with E-state index in [1.807, 2.05) is 54.6 Å². The van der Waals surface area contributed by atoms with Crippen LogP contribution in [-0.2, 0) is 32.6 Å². The standard InChI is InChI=1S/C29H34BrN3O6S/c1-5-31-29(35)25(17-21-10-7-6-8-11-21)32(19-22-12-9-13-23(30)16-22)28(34)20-33(40(4,36)37)24-14-15-26(38-2)27(18-24)39-3/h6-16,18,25H,5,17,19-20H2,1-4H3,(H,31,35)/t25-/m1/s1. The summed E-state index contributed by atoms with van der Waals surface area (Å²) in [5.41, 5.74) is 1.88. The molecule has 40 heavy (non-hydrogen) atoms. The Labute approximate surface area is 244 Å². The molecule has 3 aromatic carbocycles. The van der Waals surface area contributed by atoms with Crippen molar-refractivity contribution in [2.24, 2.45) is 0 Å². The number of nitrogens with one attached hydrogen (secondary N) is 1. The molecule has 0 saturated heterocycles. The second kappa shape index (κ2) is 14.2. The number of nitrogens with zero attached hydrogens (tertiary/aromatic N) is 2. The van der Waals surface area contributed by atoms with Gasteiger partial charge in [-0.3, -0.25) is 13.9 Å². The molecule has 0 aromatic heterocycles. The second-order valence-corrected chi connectivity index (χ2v) is 11.9. The van der Waals surface area contributed by atoms with Gasteiger partial charge in [-0.2, -0.15) is 0 Å². The lowest BCUT2D eigenvalue weighted by atomic mass is 10.0. The van der Waals surface area contributed by atoms with E-state index in [4.69, 9.17) is 9.47 Å². The van der Waals surface area contributed by atoms with Crippen molar-refractivity contribution in [2.75, 3.05) is 37.9 Å². The van der Waals surface area contributed by atoms with Crippen molar-refractivity contribution >= 4 is 43.5 Å². The number of sulfonamides is 1. The van der Waals surface area contributed by atoms with Crippen LogP contribution in [0.3, 0.4) is 0 Å². The Morgan fingerprint density at radius 2 is 1.60 bits per heavy atom. The molecule has 1 N–H and O–H groups in total. The highest BCUT2D eigenvalue weighted by Gasteiger charge is 2.33. The zero-order chi connectivity index (χ0) is 29.3. The molecule has 214 valence electrons. The number of methoxy groups -OCH3 is 2. The maximum Gasteiger partial charge on any atom is 0.244 e. The van der Waals surface area contributed by atoms with E-state index in [1.165, 1.54) is 25.2 Å². The van der Waals surface area contributed by atoms with E-state index in [-0.39, 0.29) is 24.6 Å². The first kappa shape index (κ1) is 31.0. The topological polar surface area (TPSA) is 105 Å². The molecule has 3 aromatic rings. The third kappa shape index (κ3) is 8.22. The Morgan fingerprint density at radius 3 is 2.20 bits per heavy atom. The van der Waals surface area contributed by atoms with Gasteiger partial charge in [-0.05, 0) is 42.3 Å². The molecule has 0 fully saturated rings. The van der Waals surface area contributed by atoms with Crippen molar-refractivity contribution < 1.29 is 27.5 Å². The van der Waals surface area contributed by atoms with Gasteiger partial charge in [-0.1, -0.05) is 58.4 Å². The van der Waals surface area contributed by atoms with Crippen LogP contribution < -0.4 is 19.1 Å². The number of anilines is 1. The summed E-state index contributed by atoms with van der Waals surface area (Å²) in [7, 11) is -0.986. The number of amides is 2. The van der Waals surface area contributed by atoms with Crippen LogP contribution in [0.25, 0.3) is 0 Å². The van der Waals surface area contributed by atoms with Crippen LogP contribution in [0.4, 0.5) is 5.69 Å². The fourth-order valence-corrected chi connectivity index (χ4v) is 5.56. The van der Waals surface area contributed by atoms with Gasteiger partial charge in [-0.25, -0.2) is 8.42 Å². The first-order chi connectivity index (χ1) is 19.1. The number of likely N-dealkylation sites (N-methyl/N-ethyl adjacent to an activating group) is 1. The predicted octanol–water partition coefficient (Wildman–Crippen LogP) is 4.01. The summed E-state index contributed by atoms with van der Waals surface area (Å²) in [6.07, 6.45) is 1.28. The first-order valence-corrected chi connectivity index (χ1v) is 15.3. The van der Waals surface area contributed by atoms with Crippen molar-refractivity contribution in [3.05, 3.63) is 88.4 Å². The van der Waals surface area contributed by atoms with Crippen LogP contribution in [-0.4, -0.2) is 64.7 Å². The summed E-state index contributed by atoms with van der Waals surface area (Å²) in [5, 5.41) is 2.84. The highest BCUT2D eigenvalue weighted by atomic mass is 79.9. The van der Waals surface area contributed by atoms with Crippen molar-refractivity contribution in [3.8, 4) is 11.5 Å². The average molecular weight is 633 g/mol. The van der Waals surface area contributed by atoms with E-state index in [0.29, 0.717) is 18.0 Å². The minimum absolute atomic E-state index is 0.0937. The Balaban J connectivity index is 2.06. The van der Waals surface area contributed by atoms with Gasteiger partial charge < -0.3 is 19.7 Å². The second-order valence-electron chi connectivity index (χ2n) is 9.06. The summed E-state index contributed by atoms with van der Waals surface area (Å²) >= 11 is 3.46. The molecule has 9 nitrogen and oxygen atoms in total. The highest BCUT2D eigenvalue weighted by molar-refractivity contribution is 9.10. The largest absolute Gasteiger partial charge is 0.493 e. The molecular weight excluding hydrogens is 598 g/mol. The van der Waals surface area contributed by atoms with Crippen LogP contribution in [0.15, 0.2) is 77.3 Å². The van der Waals surface area contributed by atoms with Crippen LogP contribution in [0, 0.1) is 0 Å². The Hall–Kier alpha value is -3.57. The van der Waals surface area contributed by atoms with Gasteiger partial charge in [0.05, 0.1) is 26.2 Å². The third-order valence-corrected chi connectivity index (χ3v) is 7.83. The van der Waals surface area contributed by atoms with Crippen LogP contribution in [0.2, 0.25) is 0 Å². The summed E-state index contributed by atoms with van der Waals surface area (Å²) < 4.78 is 38.3. The van der Waals surface area contributed by atoms with Gasteiger partial charge in [0.2, 0.25) is 21.8 Å². The maximum absolute atomic E-state index is 14.1. The lowest BCUT2D eigenvalue weighted by Crippen LogP contribution is -2.53. The van der Waals surface area contributed by atoms with Gasteiger partial charge in [0, 0.05) is 30.0 Å². The average Bonchev–Trinajstić information content (AvgIpc) is 2.93. The molecule has 0 heterocycles. The fraction of sp³-hybridized carbons (Fsp3) is 0.310. The normalized spacial score (nSPS) is 11.8. The van der Waals surface area contributed by atoms with Crippen LogP contribution >= 0.6 is 15.9 Å². The van der Waals surface area contributed by atoms with E-state index >= 15 is 0 Å². The van der Waals surface area contributed by atoms with Gasteiger partial charge >= 0.3 is 0 Å². The highest BCUT2D eigenvalue weighted by Crippen LogP contribution is 2.32. The molecule has 0 spiro atoms. The van der Waals surface area contributed by atoms with E-state index in [0.717, 1.165) is 26.2 Å². The van der Waals surface area contributed by atoms with Crippen LogP contribution in [0.5, 0.6) is 11.5 Å². The molecule has 0 bridgehead atoms. The summed E-state index contributed by atoms with van der Waals surface area (Å²) in [5.74, 6) is -0.128. The monoisotopic (exact) mass is 631 g/mol. The fourth-order valence-electron chi connectivity index (χ4n) is 4.27. The minimum atomic E-state index is -3.90. The van der Waals surface area contributed by atoms with Crippen molar-refractivity contribution in [1.29, 1.82) is 0 Å². The molecule has 11 heteroatoms. The van der Waals surface area contributed by atoms with Gasteiger partial charge in [0.25, 0.3) is 0 Å². The number of hydrogen-bond donors (Lipinski definition) is 1. The van der Waals surface area contributed by atoms with E-state index in [2.05, 4.69) is 21.2 Å². The molecule has 0 aliphatic heterocycles. The Bertz CT molecular complexity index is 1420. The SMILES string of the molecule is CCNC(=O)[C@@H](Cc1ccccc1)N(Cc1cccc(Br)c1)C(=O)CN(c1ccc(OC)c(OC)c1)S(C)(=O)=O. The molecule has 0 unspecified atom stereocenters. The Kier molecular flexibility index (Phi) is 11.0. The molecule has 2 amide bonds. The maximum atomic E-state index is 14.1. The summed E-state index contributed by atoms with van der Waals surface area (Å²) in [6, 6.07) is 20.5. The quantitative estimate of drug-likeness (QED) is 0.306. The molecular formula is C29H34BrN3O6S. The first-order valence-electron chi connectivity index (χ1n) is 12.6. The lowest BCUT2D eigenvalue weighted by Gasteiger charge is -2.33. The lowest BCUT2D eigenvalue weighted by molar-refractivity contribution is -0.140. The van der Waals surface area contributed by atoms with Crippen molar-refractivity contribution in [1.82, 2.24) is 10.2 Å². The Morgan fingerprint density at radius 1 is 0.925 bits per heavy atom. The zero-order valence-corrected chi connectivity index (χ0v) is 25.4. The zero-order valence-electron chi connectivity index (χ0n) is 23.0. The number of hydrogen-bond acceptors (Lipinski definition) is 6. The number of carbonyl (C=O) groups excluding carboxylic acids is 2. The van der Waals surface area contributed by atoms with E-state index in [9.17, 15) is 18.0 Å². The van der Waals surface area contributed by atoms with Crippen molar-refractivity contribution in [3.63, 3.8) is 0 Å². The predicted molar refractivity (Wildman–Crippen MR) is 159 cm³/mol. The van der Waals surface area contributed by atoms with Gasteiger partial charge in [0.1, 0.15) is 12.6 Å².